The zero-order valence-electron chi connectivity index (χ0n) is 15.2. The first kappa shape index (κ1) is 20.1. The van der Waals surface area contributed by atoms with Gasteiger partial charge in [0.2, 0.25) is 10.0 Å². The summed E-state index contributed by atoms with van der Waals surface area (Å²) in [7, 11) is -3.79. The maximum absolute atomic E-state index is 14.4. The van der Waals surface area contributed by atoms with Crippen molar-refractivity contribution in [2.75, 3.05) is 13.2 Å². The van der Waals surface area contributed by atoms with Crippen LogP contribution in [0, 0.1) is 5.82 Å². The molecule has 0 amide bonds. The molecule has 0 spiro atoms. The highest BCUT2D eigenvalue weighted by molar-refractivity contribution is 7.89. The zero-order valence-corrected chi connectivity index (χ0v) is 16.0. The second-order valence-electron chi connectivity index (χ2n) is 6.47. The Morgan fingerprint density at radius 3 is 2.32 bits per heavy atom. The van der Waals surface area contributed by atoms with Crippen molar-refractivity contribution in [2.24, 2.45) is 0 Å². The van der Waals surface area contributed by atoms with E-state index in [4.69, 9.17) is 9.47 Å². The van der Waals surface area contributed by atoms with E-state index >= 15 is 0 Å². The summed E-state index contributed by atoms with van der Waals surface area (Å²) in [6, 6.07) is 3.82. The van der Waals surface area contributed by atoms with Gasteiger partial charge in [0.05, 0.1) is 18.1 Å². The Hall–Kier alpha value is -1.18. The van der Waals surface area contributed by atoms with E-state index in [9.17, 15) is 12.8 Å². The van der Waals surface area contributed by atoms with Gasteiger partial charge in [0.25, 0.3) is 0 Å². The summed E-state index contributed by atoms with van der Waals surface area (Å²) in [5.41, 5.74) is -0.507. The topological polar surface area (TPSA) is 64.6 Å². The van der Waals surface area contributed by atoms with Crippen LogP contribution in [-0.4, -0.2) is 33.3 Å². The molecule has 2 rings (SSSR count). The first-order chi connectivity index (χ1) is 11.9. The number of sulfonamides is 1. The summed E-state index contributed by atoms with van der Waals surface area (Å²) in [4.78, 5) is -0.0796. The minimum Gasteiger partial charge on any atom is -0.487 e. The summed E-state index contributed by atoms with van der Waals surface area (Å²) in [5, 5.41) is 0. The molecular weight excluding hydrogens is 345 g/mol. The first-order valence-corrected chi connectivity index (χ1v) is 10.4. The standard InChI is InChI=1S/C18H28FNO4S/c1-4-18(5-2,6-3)20-25(21,22)15-7-8-17(16(19)13-15)24-14-9-11-23-12-10-14/h7-8,13-14,20H,4-6,9-12H2,1-3H3. The fourth-order valence-corrected chi connectivity index (χ4v) is 4.65. The van der Waals surface area contributed by atoms with Crippen LogP contribution in [0.25, 0.3) is 0 Å². The van der Waals surface area contributed by atoms with E-state index in [1.54, 1.807) is 0 Å². The van der Waals surface area contributed by atoms with Crippen molar-refractivity contribution in [3.05, 3.63) is 24.0 Å². The number of halogens is 1. The number of rotatable bonds is 8. The lowest BCUT2D eigenvalue weighted by Crippen LogP contribution is -2.46. The van der Waals surface area contributed by atoms with Gasteiger partial charge in [0.1, 0.15) is 6.10 Å². The van der Waals surface area contributed by atoms with Crippen LogP contribution in [0.4, 0.5) is 4.39 Å². The average molecular weight is 373 g/mol. The Morgan fingerprint density at radius 2 is 1.80 bits per heavy atom. The number of nitrogens with one attached hydrogen (secondary N) is 1. The molecule has 1 saturated heterocycles. The third-order valence-electron chi connectivity index (χ3n) is 5.06. The van der Waals surface area contributed by atoms with E-state index in [0.717, 1.165) is 6.07 Å². The van der Waals surface area contributed by atoms with E-state index in [1.807, 2.05) is 20.8 Å². The first-order valence-electron chi connectivity index (χ1n) is 8.93. The molecule has 1 N–H and O–H groups in total. The van der Waals surface area contributed by atoms with E-state index in [2.05, 4.69) is 4.72 Å². The molecule has 142 valence electrons. The van der Waals surface area contributed by atoms with Gasteiger partial charge in [-0.15, -0.1) is 0 Å². The molecule has 0 saturated carbocycles. The number of ether oxygens (including phenoxy) is 2. The minimum atomic E-state index is -3.79. The van der Waals surface area contributed by atoms with Crippen LogP contribution in [0.2, 0.25) is 0 Å². The van der Waals surface area contributed by atoms with Crippen molar-refractivity contribution < 1.29 is 22.3 Å². The lowest BCUT2D eigenvalue weighted by atomic mass is 9.91. The van der Waals surface area contributed by atoms with Gasteiger partial charge in [-0.1, -0.05) is 20.8 Å². The zero-order chi connectivity index (χ0) is 18.5. The van der Waals surface area contributed by atoms with Crippen LogP contribution in [0.1, 0.15) is 52.9 Å². The molecular formula is C18H28FNO4S. The molecule has 0 atom stereocenters. The maximum Gasteiger partial charge on any atom is 0.241 e. The largest absolute Gasteiger partial charge is 0.487 e. The molecule has 25 heavy (non-hydrogen) atoms. The predicted molar refractivity (Wildman–Crippen MR) is 94.8 cm³/mol. The summed E-state index contributed by atoms with van der Waals surface area (Å²) < 4.78 is 53.3. The lowest BCUT2D eigenvalue weighted by Gasteiger charge is -2.31. The van der Waals surface area contributed by atoms with E-state index in [0.29, 0.717) is 45.3 Å². The van der Waals surface area contributed by atoms with Crippen molar-refractivity contribution >= 4 is 10.0 Å². The Balaban J connectivity index is 2.17. The van der Waals surface area contributed by atoms with Crippen molar-refractivity contribution in [1.82, 2.24) is 4.72 Å². The molecule has 0 aliphatic carbocycles. The molecule has 1 aromatic rings. The Labute approximate surface area is 150 Å². The van der Waals surface area contributed by atoms with Gasteiger partial charge in [0.15, 0.2) is 11.6 Å². The summed E-state index contributed by atoms with van der Waals surface area (Å²) >= 11 is 0. The monoisotopic (exact) mass is 373 g/mol. The Bertz CT molecular complexity index is 659. The molecule has 1 aromatic carbocycles. The highest BCUT2D eigenvalue weighted by Crippen LogP contribution is 2.27. The highest BCUT2D eigenvalue weighted by Gasteiger charge is 2.31. The molecule has 5 nitrogen and oxygen atoms in total. The van der Waals surface area contributed by atoms with Crippen molar-refractivity contribution in [3.63, 3.8) is 0 Å². The van der Waals surface area contributed by atoms with Gasteiger partial charge >= 0.3 is 0 Å². The third-order valence-corrected chi connectivity index (χ3v) is 6.63. The predicted octanol–water partition coefficient (Wildman–Crippen LogP) is 3.63. The smallest absolute Gasteiger partial charge is 0.241 e. The van der Waals surface area contributed by atoms with E-state index < -0.39 is 21.4 Å². The highest BCUT2D eigenvalue weighted by atomic mass is 32.2. The van der Waals surface area contributed by atoms with Gasteiger partial charge in [-0.25, -0.2) is 17.5 Å². The van der Waals surface area contributed by atoms with Crippen LogP contribution >= 0.6 is 0 Å². The molecule has 1 fully saturated rings. The third kappa shape index (κ3) is 4.92. The van der Waals surface area contributed by atoms with Crippen molar-refractivity contribution in [1.29, 1.82) is 0 Å². The molecule has 0 radical (unpaired) electrons. The molecule has 1 aliphatic heterocycles. The minimum absolute atomic E-state index is 0.0796. The number of benzene rings is 1. The number of hydrogen-bond donors (Lipinski definition) is 1. The van der Waals surface area contributed by atoms with Crippen LogP contribution in [0.3, 0.4) is 0 Å². The van der Waals surface area contributed by atoms with E-state index in [1.165, 1.54) is 12.1 Å². The van der Waals surface area contributed by atoms with Gasteiger partial charge < -0.3 is 9.47 Å². The molecule has 0 unspecified atom stereocenters. The normalized spacial score (nSPS) is 16.8. The number of hydrogen-bond acceptors (Lipinski definition) is 4. The Morgan fingerprint density at radius 1 is 1.20 bits per heavy atom. The summed E-state index contributed by atoms with van der Waals surface area (Å²) in [6.07, 6.45) is 3.32. The Kier molecular flexibility index (Phi) is 6.82. The molecule has 1 heterocycles. The van der Waals surface area contributed by atoms with E-state index in [-0.39, 0.29) is 16.7 Å². The van der Waals surface area contributed by atoms with Crippen LogP contribution in [0.5, 0.6) is 5.75 Å². The maximum atomic E-state index is 14.4. The van der Waals surface area contributed by atoms with Crippen LogP contribution in [-0.2, 0) is 14.8 Å². The molecule has 0 bridgehead atoms. The fourth-order valence-electron chi connectivity index (χ4n) is 3.03. The lowest BCUT2D eigenvalue weighted by molar-refractivity contribution is 0.0240. The molecule has 1 aliphatic rings. The fraction of sp³-hybridized carbons (Fsp3) is 0.667. The van der Waals surface area contributed by atoms with Gasteiger partial charge in [0, 0.05) is 18.4 Å². The molecule has 7 heteroatoms. The SMILES string of the molecule is CCC(CC)(CC)NS(=O)(=O)c1ccc(OC2CCOCC2)c(F)c1. The van der Waals surface area contributed by atoms with Gasteiger partial charge in [-0.3, -0.25) is 0 Å². The summed E-state index contributed by atoms with van der Waals surface area (Å²) in [5.74, 6) is -0.581. The van der Waals surface area contributed by atoms with Crippen LogP contribution in [0.15, 0.2) is 23.1 Å². The second-order valence-corrected chi connectivity index (χ2v) is 8.15. The second kappa shape index (κ2) is 8.47. The molecule has 0 aromatic heterocycles. The summed E-state index contributed by atoms with van der Waals surface area (Å²) in [6.45, 7) is 7.02. The quantitative estimate of drug-likeness (QED) is 0.756. The van der Waals surface area contributed by atoms with Gasteiger partial charge in [-0.2, -0.15) is 0 Å². The van der Waals surface area contributed by atoms with Gasteiger partial charge in [-0.05, 0) is 37.5 Å². The average Bonchev–Trinajstić information content (AvgIpc) is 2.62. The van der Waals surface area contributed by atoms with Crippen molar-refractivity contribution in [3.8, 4) is 5.75 Å². The van der Waals surface area contributed by atoms with Crippen molar-refractivity contribution in [2.45, 2.75) is 69.4 Å². The van der Waals surface area contributed by atoms with Crippen LogP contribution < -0.4 is 9.46 Å².